The summed E-state index contributed by atoms with van der Waals surface area (Å²) in [6.45, 7) is 17.3. The Hall–Kier alpha value is -2.13. The van der Waals surface area contributed by atoms with Crippen molar-refractivity contribution < 1.29 is 42.2 Å². The molecule has 39 heavy (non-hydrogen) atoms. The largest absolute Gasteiger partial charge is 0.464 e. The second-order valence-electron chi connectivity index (χ2n) is 10.9. The normalized spacial score (nSPS) is 13.1. The molecular formula is C26H52N2O9Si2. The molecule has 2 atom stereocenters. The van der Waals surface area contributed by atoms with E-state index in [0.29, 0.717) is 38.9 Å². The highest BCUT2D eigenvalue weighted by molar-refractivity contribution is 6.84. The first-order valence-corrected chi connectivity index (χ1v) is 20.3. The number of amides is 2. The van der Waals surface area contributed by atoms with Crippen LogP contribution in [-0.2, 0) is 32.7 Å². The van der Waals surface area contributed by atoms with Gasteiger partial charge in [-0.2, -0.15) is 0 Å². The van der Waals surface area contributed by atoms with Crippen LogP contribution in [0.4, 0.5) is 9.59 Å². The molecule has 0 spiro atoms. The lowest BCUT2D eigenvalue weighted by Gasteiger charge is -2.34. The van der Waals surface area contributed by atoms with E-state index in [4.69, 9.17) is 23.1 Å². The summed E-state index contributed by atoms with van der Waals surface area (Å²) in [4.78, 5) is 46.8. The first kappa shape index (κ1) is 36.9. The molecule has 2 amide bonds. The number of carbonyl (C=O) groups excluding carboxylic acids is 4. The average Bonchev–Trinajstić information content (AvgIpc) is 2.87. The molecule has 0 radical (unpaired) electrons. The van der Waals surface area contributed by atoms with Crippen molar-refractivity contribution in [3.63, 3.8) is 0 Å². The van der Waals surface area contributed by atoms with E-state index in [1.54, 1.807) is 13.8 Å². The van der Waals surface area contributed by atoms with Crippen LogP contribution >= 0.6 is 0 Å². The molecule has 0 aliphatic carbocycles. The Morgan fingerprint density at radius 3 is 1.31 bits per heavy atom. The van der Waals surface area contributed by atoms with Crippen LogP contribution in [0.2, 0.25) is 38.3 Å². The van der Waals surface area contributed by atoms with Gasteiger partial charge in [0.25, 0.3) is 0 Å². The molecule has 0 saturated heterocycles. The van der Waals surface area contributed by atoms with Crippen LogP contribution in [0.5, 0.6) is 0 Å². The van der Waals surface area contributed by atoms with Crippen molar-refractivity contribution in [2.75, 3.05) is 39.5 Å². The standard InChI is InChI=1S/C26H52N2O9Si2/c1-9-21(3)23(29)33-17-13-27-25(31)35-15-11-19-38(5,6)37-39(7,8)20-12-16-36-26(32)28-14-18-34-24(30)22(4)10-2/h21-22H,9-20H2,1-8H3,(H,27,31)(H,28,32). The summed E-state index contributed by atoms with van der Waals surface area (Å²) in [6, 6.07) is 1.70. The molecule has 0 aromatic carbocycles. The van der Waals surface area contributed by atoms with Gasteiger partial charge in [0.15, 0.2) is 16.6 Å². The molecule has 2 unspecified atom stereocenters. The van der Waals surface area contributed by atoms with Gasteiger partial charge < -0.3 is 33.7 Å². The van der Waals surface area contributed by atoms with Crippen LogP contribution in [-0.4, -0.2) is 80.3 Å². The van der Waals surface area contributed by atoms with Crippen molar-refractivity contribution in [3.8, 4) is 0 Å². The fourth-order valence-corrected chi connectivity index (χ4v) is 12.3. The maximum absolute atomic E-state index is 11.8. The first-order valence-electron chi connectivity index (χ1n) is 14.1. The van der Waals surface area contributed by atoms with Crippen molar-refractivity contribution >= 4 is 40.8 Å². The maximum atomic E-state index is 11.8. The van der Waals surface area contributed by atoms with E-state index in [1.807, 2.05) is 13.8 Å². The van der Waals surface area contributed by atoms with Gasteiger partial charge in [0.05, 0.1) is 38.1 Å². The Morgan fingerprint density at radius 1 is 0.615 bits per heavy atom. The Bertz CT molecular complexity index is 691. The molecule has 0 aromatic rings. The zero-order valence-corrected chi connectivity index (χ0v) is 27.3. The smallest absolute Gasteiger partial charge is 0.407 e. The topological polar surface area (TPSA) is 138 Å². The summed E-state index contributed by atoms with van der Waals surface area (Å²) < 4.78 is 27.2. The molecule has 0 heterocycles. The molecule has 0 bridgehead atoms. The second-order valence-corrected chi connectivity index (χ2v) is 19.8. The van der Waals surface area contributed by atoms with E-state index in [9.17, 15) is 19.2 Å². The molecule has 0 aliphatic rings. The van der Waals surface area contributed by atoms with E-state index in [1.165, 1.54) is 0 Å². The molecule has 0 rings (SSSR count). The molecule has 0 saturated carbocycles. The zero-order chi connectivity index (χ0) is 29.9. The van der Waals surface area contributed by atoms with Gasteiger partial charge in [0, 0.05) is 0 Å². The number of hydrogen-bond acceptors (Lipinski definition) is 9. The van der Waals surface area contributed by atoms with E-state index in [0.717, 1.165) is 12.1 Å². The molecule has 2 N–H and O–H groups in total. The highest BCUT2D eigenvalue weighted by Gasteiger charge is 2.32. The monoisotopic (exact) mass is 592 g/mol. The Labute approximate surface area is 236 Å². The summed E-state index contributed by atoms with van der Waals surface area (Å²) in [5, 5.41) is 5.16. The van der Waals surface area contributed by atoms with Crippen LogP contribution < -0.4 is 10.6 Å². The van der Waals surface area contributed by atoms with Gasteiger partial charge in [0.1, 0.15) is 13.2 Å². The summed E-state index contributed by atoms with van der Waals surface area (Å²) in [5.74, 6) is -0.829. The molecule has 11 nitrogen and oxygen atoms in total. The molecule has 0 fully saturated rings. The van der Waals surface area contributed by atoms with Crippen LogP contribution in [0.1, 0.15) is 53.4 Å². The predicted molar refractivity (Wildman–Crippen MR) is 154 cm³/mol. The van der Waals surface area contributed by atoms with Crippen LogP contribution in [0, 0.1) is 11.8 Å². The van der Waals surface area contributed by atoms with Gasteiger partial charge in [-0.1, -0.05) is 27.7 Å². The lowest BCUT2D eigenvalue weighted by atomic mass is 10.1. The van der Waals surface area contributed by atoms with E-state index in [-0.39, 0.29) is 50.1 Å². The minimum absolute atomic E-state index is 0.122. The highest BCUT2D eigenvalue weighted by atomic mass is 28.4. The number of hydrogen-bond donors (Lipinski definition) is 2. The third-order valence-corrected chi connectivity index (χ3v) is 13.7. The van der Waals surface area contributed by atoms with Crippen LogP contribution in [0.3, 0.4) is 0 Å². The van der Waals surface area contributed by atoms with Crippen molar-refractivity contribution in [1.29, 1.82) is 0 Å². The SMILES string of the molecule is CCC(C)C(=O)OCCNC(=O)OCCC[Si](C)(C)O[Si](C)(C)CCCOC(=O)NCCOC(=O)C(C)CC. The van der Waals surface area contributed by atoms with E-state index < -0.39 is 28.8 Å². The predicted octanol–water partition coefficient (Wildman–Crippen LogP) is 4.82. The van der Waals surface area contributed by atoms with Crippen molar-refractivity contribution in [1.82, 2.24) is 10.6 Å². The Balaban J connectivity index is 4.01. The Morgan fingerprint density at radius 2 is 0.974 bits per heavy atom. The lowest BCUT2D eigenvalue weighted by molar-refractivity contribution is -0.148. The summed E-state index contributed by atoms with van der Waals surface area (Å²) in [5.41, 5.74) is 0. The lowest BCUT2D eigenvalue weighted by Crippen LogP contribution is -2.44. The number of esters is 2. The summed E-state index contributed by atoms with van der Waals surface area (Å²) >= 11 is 0. The molecule has 0 aliphatic heterocycles. The fraction of sp³-hybridized carbons (Fsp3) is 0.846. The van der Waals surface area contributed by atoms with Crippen molar-refractivity contribution in [3.05, 3.63) is 0 Å². The fourth-order valence-electron chi connectivity index (χ4n) is 3.50. The van der Waals surface area contributed by atoms with Gasteiger partial charge in [-0.15, -0.1) is 0 Å². The van der Waals surface area contributed by atoms with Gasteiger partial charge in [-0.3, -0.25) is 9.59 Å². The van der Waals surface area contributed by atoms with E-state index >= 15 is 0 Å². The number of carbonyl (C=O) groups is 4. The third kappa shape index (κ3) is 19.6. The van der Waals surface area contributed by atoms with Crippen molar-refractivity contribution in [2.24, 2.45) is 11.8 Å². The zero-order valence-electron chi connectivity index (χ0n) is 25.3. The molecule has 13 heteroatoms. The quantitative estimate of drug-likeness (QED) is 0.0881. The molecular weight excluding hydrogens is 540 g/mol. The van der Waals surface area contributed by atoms with Gasteiger partial charge in [-0.25, -0.2) is 9.59 Å². The van der Waals surface area contributed by atoms with Crippen LogP contribution in [0.25, 0.3) is 0 Å². The van der Waals surface area contributed by atoms with E-state index in [2.05, 4.69) is 36.8 Å². The summed E-state index contributed by atoms with van der Waals surface area (Å²) in [6.07, 6.45) is 1.78. The first-order chi connectivity index (χ1) is 18.2. The third-order valence-electron chi connectivity index (χ3n) is 6.13. The van der Waals surface area contributed by atoms with Gasteiger partial charge >= 0.3 is 24.1 Å². The number of ether oxygens (including phenoxy) is 4. The highest BCUT2D eigenvalue weighted by Crippen LogP contribution is 2.23. The number of alkyl carbamates (subject to hydrolysis) is 2. The number of nitrogens with one attached hydrogen (secondary N) is 2. The number of rotatable bonds is 20. The van der Waals surface area contributed by atoms with Gasteiger partial charge in [-0.05, 0) is 64.0 Å². The maximum Gasteiger partial charge on any atom is 0.407 e. The van der Waals surface area contributed by atoms with Crippen LogP contribution in [0.15, 0.2) is 0 Å². The Kier molecular flexibility index (Phi) is 18.8. The van der Waals surface area contributed by atoms with Gasteiger partial charge in [0.2, 0.25) is 0 Å². The molecule has 0 aromatic heterocycles. The second kappa shape index (κ2) is 19.9. The minimum Gasteiger partial charge on any atom is -0.464 e. The minimum atomic E-state index is -1.96. The molecule has 228 valence electrons. The summed E-state index contributed by atoms with van der Waals surface area (Å²) in [7, 11) is -3.92. The average molecular weight is 593 g/mol. The van der Waals surface area contributed by atoms with Crippen molar-refractivity contribution in [2.45, 2.75) is 91.7 Å².